The zero-order valence-electron chi connectivity index (χ0n) is 16.8. The third-order valence-corrected chi connectivity index (χ3v) is 6.80. The second-order valence-electron chi connectivity index (χ2n) is 7.59. The fourth-order valence-electron chi connectivity index (χ4n) is 3.93. The number of hydrogen-bond donors (Lipinski definition) is 1. The van der Waals surface area contributed by atoms with Gasteiger partial charge in [-0.05, 0) is 54.6 Å². The highest BCUT2D eigenvalue weighted by Crippen LogP contribution is 2.25. The van der Waals surface area contributed by atoms with Crippen LogP contribution in [0.2, 0.25) is 0 Å². The van der Waals surface area contributed by atoms with E-state index in [1.165, 1.54) is 22.6 Å². The number of guanidine groups is 1. The number of aliphatic imine (C=N–C) groups is 1. The Kier molecular flexibility index (Phi) is 7.75. The van der Waals surface area contributed by atoms with Crippen LogP contribution in [0.25, 0.3) is 0 Å². The van der Waals surface area contributed by atoms with E-state index in [0.29, 0.717) is 12.0 Å². The third-order valence-electron chi connectivity index (χ3n) is 5.77. The maximum atomic E-state index is 13.1. The molecule has 1 atom stereocenters. The largest absolute Gasteiger partial charge is 0.370 e. The van der Waals surface area contributed by atoms with E-state index >= 15 is 0 Å². The number of fused-ring (bicyclic) bond motifs is 1. The minimum absolute atomic E-state index is 0. The molecule has 0 bridgehead atoms. The molecule has 0 radical (unpaired) electrons. The molecule has 2 aliphatic heterocycles. The molecule has 1 aromatic carbocycles. The SMILES string of the molecule is CC(CN=C(N)N1CCN(c2ccc(F)cc2)CC1)N1CCc2sccc2C1.I. The summed E-state index contributed by atoms with van der Waals surface area (Å²) < 4.78 is 13.1. The van der Waals surface area contributed by atoms with E-state index in [4.69, 9.17) is 5.73 Å². The van der Waals surface area contributed by atoms with Crippen LogP contribution in [-0.4, -0.2) is 61.1 Å². The van der Waals surface area contributed by atoms with Crippen molar-refractivity contribution in [3.05, 3.63) is 52.0 Å². The second kappa shape index (κ2) is 10.1. The van der Waals surface area contributed by atoms with E-state index in [-0.39, 0.29) is 29.8 Å². The van der Waals surface area contributed by atoms with Crippen molar-refractivity contribution in [1.82, 2.24) is 9.80 Å². The fourth-order valence-corrected chi connectivity index (χ4v) is 4.82. The van der Waals surface area contributed by atoms with Crippen LogP contribution >= 0.6 is 35.3 Å². The lowest BCUT2D eigenvalue weighted by molar-refractivity contribution is 0.196. The summed E-state index contributed by atoms with van der Waals surface area (Å²) in [7, 11) is 0. The molecule has 1 saturated heterocycles. The van der Waals surface area contributed by atoms with Crippen LogP contribution in [0, 0.1) is 5.82 Å². The molecule has 0 aliphatic carbocycles. The van der Waals surface area contributed by atoms with Gasteiger partial charge in [-0.25, -0.2) is 4.39 Å². The van der Waals surface area contributed by atoms with Crippen molar-refractivity contribution in [2.24, 2.45) is 10.7 Å². The number of hydrogen-bond acceptors (Lipinski definition) is 4. The highest BCUT2D eigenvalue weighted by Gasteiger charge is 2.22. The standard InChI is InChI=1S/C21H28FN5S.HI/c1-16(27-8-6-20-17(15-27)7-13-28-20)14-24-21(23)26-11-9-25(10-12-26)19-4-2-18(22)3-5-19;/h2-5,7,13,16H,6,8-12,14-15H2,1H3,(H2,23,24);1H. The van der Waals surface area contributed by atoms with Crippen LogP contribution in [0.3, 0.4) is 0 Å². The summed E-state index contributed by atoms with van der Waals surface area (Å²) in [6, 6.07) is 9.32. The van der Waals surface area contributed by atoms with Crippen molar-refractivity contribution in [1.29, 1.82) is 0 Å². The van der Waals surface area contributed by atoms with Crippen molar-refractivity contribution in [3.63, 3.8) is 0 Å². The summed E-state index contributed by atoms with van der Waals surface area (Å²) in [4.78, 5) is 13.1. The minimum Gasteiger partial charge on any atom is -0.370 e. The quantitative estimate of drug-likeness (QED) is 0.375. The lowest BCUT2D eigenvalue weighted by Gasteiger charge is -2.37. The minimum atomic E-state index is -0.197. The summed E-state index contributed by atoms with van der Waals surface area (Å²) in [5.74, 6) is 0.440. The van der Waals surface area contributed by atoms with Crippen LogP contribution in [0.4, 0.5) is 10.1 Å². The van der Waals surface area contributed by atoms with Crippen molar-refractivity contribution >= 4 is 47.0 Å². The average molecular weight is 529 g/mol. The first-order chi connectivity index (χ1) is 13.6. The van der Waals surface area contributed by atoms with Gasteiger partial charge in [-0.2, -0.15) is 0 Å². The molecule has 2 aliphatic rings. The molecule has 8 heteroatoms. The van der Waals surface area contributed by atoms with Gasteiger partial charge in [-0.1, -0.05) is 0 Å². The van der Waals surface area contributed by atoms with E-state index in [1.807, 2.05) is 23.5 Å². The molecular weight excluding hydrogens is 500 g/mol. The molecule has 1 aromatic heterocycles. The van der Waals surface area contributed by atoms with E-state index in [1.54, 1.807) is 0 Å². The number of nitrogens with two attached hydrogens (primary N) is 1. The molecule has 2 N–H and O–H groups in total. The highest BCUT2D eigenvalue weighted by atomic mass is 127. The fraction of sp³-hybridized carbons (Fsp3) is 0.476. The molecule has 4 rings (SSSR count). The molecule has 5 nitrogen and oxygen atoms in total. The first-order valence-corrected chi connectivity index (χ1v) is 10.8. The summed E-state index contributed by atoms with van der Waals surface area (Å²) in [6.45, 7) is 8.48. The van der Waals surface area contributed by atoms with Gasteiger partial charge in [0.15, 0.2) is 5.96 Å². The van der Waals surface area contributed by atoms with Gasteiger partial charge in [0.2, 0.25) is 0 Å². The Hall–Kier alpha value is -1.39. The van der Waals surface area contributed by atoms with Gasteiger partial charge in [0.05, 0.1) is 6.54 Å². The normalized spacial score (nSPS) is 18.9. The molecule has 29 heavy (non-hydrogen) atoms. The van der Waals surface area contributed by atoms with Crippen LogP contribution in [0.15, 0.2) is 40.7 Å². The lowest BCUT2D eigenvalue weighted by Crippen LogP contribution is -2.51. The van der Waals surface area contributed by atoms with Crippen molar-refractivity contribution in [2.75, 3.05) is 44.2 Å². The van der Waals surface area contributed by atoms with Crippen LogP contribution in [-0.2, 0) is 13.0 Å². The zero-order chi connectivity index (χ0) is 19.5. The van der Waals surface area contributed by atoms with Crippen LogP contribution in [0.1, 0.15) is 17.4 Å². The molecule has 1 unspecified atom stereocenters. The van der Waals surface area contributed by atoms with E-state index in [2.05, 4.69) is 38.1 Å². The van der Waals surface area contributed by atoms with Gasteiger partial charge >= 0.3 is 0 Å². The number of nitrogens with zero attached hydrogens (tertiary/aromatic N) is 4. The zero-order valence-corrected chi connectivity index (χ0v) is 19.9. The van der Waals surface area contributed by atoms with Crippen LogP contribution < -0.4 is 10.6 Å². The van der Waals surface area contributed by atoms with Crippen molar-refractivity contribution in [2.45, 2.75) is 25.9 Å². The number of piperazine rings is 1. The predicted molar refractivity (Wildman–Crippen MR) is 130 cm³/mol. The average Bonchev–Trinajstić information content (AvgIpc) is 3.20. The van der Waals surface area contributed by atoms with Gasteiger partial charge in [0.25, 0.3) is 0 Å². The number of thiophene rings is 1. The molecule has 158 valence electrons. The Morgan fingerprint density at radius 2 is 1.86 bits per heavy atom. The van der Waals surface area contributed by atoms with E-state index in [9.17, 15) is 4.39 Å². The molecular formula is C21H29FIN5S. The monoisotopic (exact) mass is 529 g/mol. The first-order valence-electron chi connectivity index (χ1n) is 9.95. The Labute approximate surface area is 193 Å². The Balaban J connectivity index is 0.00000240. The molecule has 0 amide bonds. The predicted octanol–water partition coefficient (Wildman–Crippen LogP) is 3.39. The number of halogens is 2. The Bertz CT molecular complexity index is 817. The summed E-state index contributed by atoms with van der Waals surface area (Å²) in [5.41, 5.74) is 8.81. The third kappa shape index (κ3) is 5.40. The second-order valence-corrected chi connectivity index (χ2v) is 8.59. The van der Waals surface area contributed by atoms with Crippen molar-refractivity contribution in [3.8, 4) is 0 Å². The lowest BCUT2D eigenvalue weighted by atomic mass is 10.1. The maximum absolute atomic E-state index is 13.1. The van der Waals surface area contributed by atoms with Gasteiger partial charge < -0.3 is 15.5 Å². The summed E-state index contributed by atoms with van der Waals surface area (Å²) in [5, 5.41) is 2.19. The number of rotatable bonds is 4. The maximum Gasteiger partial charge on any atom is 0.191 e. The summed E-state index contributed by atoms with van der Waals surface area (Å²) in [6.07, 6.45) is 1.14. The van der Waals surface area contributed by atoms with Gasteiger partial charge in [-0.15, -0.1) is 35.3 Å². The molecule has 3 heterocycles. The number of anilines is 1. The van der Waals surface area contributed by atoms with Crippen LogP contribution in [0.5, 0.6) is 0 Å². The van der Waals surface area contributed by atoms with Crippen molar-refractivity contribution < 1.29 is 4.39 Å². The molecule has 0 saturated carbocycles. The smallest absolute Gasteiger partial charge is 0.191 e. The highest BCUT2D eigenvalue weighted by molar-refractivity contribution is 14.0. The Morgan fingerprint density at radius 3 is 2.59 bits per heavy atom. The summed E-state index contributed by atoms with van der Waals surface area (Å²) >= 11 is 1.87. The van der Waals surface area contributed by atoms with Gasteiger partial charge in [-0.3, -0.25) is 9.89 Å². The van der Waals surface area contributed by atoms with E-state index in [0.717, 1.165) is 57.9 Å². The Morgan fingerprint density at radius 1 is 1.14 bits per heavy atom. The molecule has 2 aromatic rings. The molecule has 0 spiro atoms. The van der Waals surface area contributed by atoms with E-state index < -0.39 is 0 Å². The topological polar surface area (TPSA) is 48.1 Å². The number of benzene rings is 1. The first kappa shape index (κ1) is 22.3. The van der Waals surface area contributed by atoms with Gasteiger partial charge in [0.1, 0.15) is 5.82 Å². The van der Waals surface area contributed by atoms with Gasteiger partial charge in [0, 0.05) is 55.9 Å². The molecule has 1 fully saturated rings.